The molecular weight excluding hydrogens is 395 g/mol. The third-order valence-electron chi connectivity index (χ3n) is 7.21. The molecule has 2 heterocycles. The molecule has 5 rings (SSSR count). The van der Waals surface area contributed by atoms with Crippen molar-refractivity contribution in [2.24, 2.45) is 0 Å². The first kappa shape index (κ1) is 20.0. The second kappa shape index (κ2) is 7.66. The van der Waals surface area contributed by atoms with Crippen LogP contribution in [0.1, 0.15) is 54.4 Å². The number of halogens is 1. The highest BCUT2D eigenvalue weighted by Crippen LogP contribution is 2.52. The Labute approximate surface area is 181 Å². The van der Waals surface area contributed by atoms with Crippen molar-refractivity contribution in [3.63, 3.8) is 0 Å². The van der Waals surface area contributed by atoms with E-state index in [9.17, 15) is 14.0 Å². The number of hydrogen-bond acceptors (Lipinski definition) is 3. The second-order valence-electron chi connectivity index (χ2n) is 9.06. The highest BCUT2D eigenvalue weighted by Gasteiger charge is 2.57. The number of ether oxygens (including phenoxy) is 1. The van der Waals surface area contributed by atoms with Gasteiger partial charge in [-0.3, -0.25) is 9.59 Å². The van der Waals surface area contributed by atoms with E-state index in [1.807, 2.05) is 24.3 Å². The minimum absolute atomic E-state index is 0.0373. The smallest absolute Gasteiger partial charge is 0.251 e. The maximum atomic E-state index is 13.7. The predicted molar refractivity (Wildman–Crippen MR) is 114 cm³/mol. The number of nitrogens with one attached hydrogen (secondary N) is 1. The Morgan fingerprint density at radius 1 is 1.00 bits per heavy atom. The molecule has 2 bridgehead atoms. The predicted octanol–water partition coefficient (Wildman–Crippen LogP) is 3.82. The van der Waals surface area contributed by atoms with Crippen LogP contribution in [0.4, 0.5) is 4.39 Å². The molecule has 0 radical (unpaired) electrons. The van der Waals surface area contributed by atoms with Crippen LogP contribution in [-0.2, 0) is 10.2 Å². The van der Waals surface area contributed by atoms with Crippen molar-refractivity contribution in [2.75, 3.05) is 7.11 Å². The first-order valence-corrected chi connectivity index (χ1v) is 11.0. The highest BCUT2D eigenvalue weighted by atomic mass is 19.1. The zero-order valence-corrected chi connectivity index (χ0v) is 17.6. The standard InChI is InChI=1S/C25H27FN2O3/c1-31-22-10-4-17(5-11-22)25(12-13-25)24(30)28-20-8-9-21(28)15-19(14-20)27-23(29)16-2-6-18(26)7-3-16/h2-7,10-11,19-21H,8-9,12-15H2,1H3,(H,27,29)/t19?,20-,21+. The van der Waals surface area contributed by atoms with Crippen LogP contribution < -0.4 is 10.1 Å². The molecule has 2 aromatic rings. The normalized spacial score (nSPS) is 25.7. The summed E-state index contributed by atoms with van der Waals surface area (Å²) in [6.07, 6.45) is 5.29. The van der Waals surface area contributed by atoms with E-state index in [-0.39, 0.29) is 35.8 Å². The van der Waals surface area contributed by atoms with Crippen LogP contribution >= 0.6 is 0 Å². The Bertz CT molecular complexity index is 971. The van der Waals surface area contributed by atoms with E-state index < -0.39 is 5.41 Å². The van der Waals surface area contributed by atoms with E-state index in [4.69, 9.17) is 4.74 Å². The fourth-order valence-corrected chi connectivity index (χ4v) is 5.40. The van der Waals surface area contributed by atoms with Crippen LogP contribution in [0.5, 0.6) is 5.75 Å². The number of benzene rings is 2. The number of methoxy groups -OCH3 is 1. The van der Waals surface area contributed by atoms with Crippen molar-refractivity contribution >= 4 is 11.8 Å². The van der Waals surface area contributed by atoms with Crippen molar-refractivity contribution in [1.82, 2.24) is 10.2 Å². The maximum absolute atomic E-state index is 13.7. The topological polar surface area (TPSA) is 58.6 Å². The molecule has 3 aliphatic rings. The quantitative estimate of drug-likeness (QED) is 0.797. The van der Waals surface area contributed by atoms with Gasteiger partial charge in [0.05, 0.1) is 12.5 Å². The zero-order valence-electron chi connectivity index (χ0n) is 17.6. The van der Waals surface area contributed by atoms with Gasteiger partial charge in [-0.2, -0.15) is 0 Å². The molecule has 1 saturated carbocycles. The van der Waals surface area contributed by atoms with Crippen molar-refractivity contribution in [3.8, 4) is 5.75 Å². The van der Waals surface area contributed by atoms with Crippen LogP contribution in [0.15, 0.2) is 48.5 Å². The van der Waals surface area contributed by atoms with E-state index >= 15 is 0 Å². The lowest BCUT2D eigenvalue weighted by Gasteiger charge is -2.41. The Kier molecular flexibility index (Phi) is 4.95. The number of rotatable bonds is 5. The Hall–Kier alpha value is -2.89. The number of nitrogens with zero attached hydrogens (tertiary/aromatic N) is 1. The van der Waals surface area contributed by atoms with E-state index in [0.717, 1.165) is 49.8 Å². The minimum Gasteiger partial charge on any atom is -0.497 e. The molecule has 3 fully saturated rings. The number of amides is 2. The molecule has 1 N–H and O–H groups in total. The van der Waals surface area contributed by atoms with Gasteiger partial charge in [0.2, 0.25) is 5.91 Å². The molecule has 1 aliphatic carbocycles. The largest absolute Gasteiger partial charge is 0.497 e. The molecule has 2 aliphatic heterocycles. The molecule has 162 valence electrons. The molecule has 0 spiro atoms. The molecule has 2 amide bonds. The minimum atomic E-state index is -0.392. The van der Waals surface area contributed by atoms with Crippen molar-refractivity contribution in [2.45, 2.75) is 62.1 Å². The number of hydrogen-bond donors (Lipinski definition) is 1. The molecule has 2 saturated heterocycles. The fraction of sp³-hybridized carbons (Fsp3) is 0.440. The summed E-state index contributed by atoms with van der Waals surface area (Å²) >= 11 is 0. The van der Waals surface area contributed by atoms with Gasteiger partial charge in [0, 0.05) is 23.7 Å². The Balaban J connectivity index is 1.27. The number of fused-ring (bicyclic) bond motifs is 2. The van der Waals surface area contributed by atoms with Crippen LogP contribution in [0.3, 0.4) is 0 Å². The second-order valence-corrected chi connectivity index (χ2v) is 9.06. The average Bonchev–Trinajstić information content (AvgIpc) is 3.55. The number of piperidine rings is 1. The monoisotopic (exact) mass is 422 g/mol. The molecule has 6 heteroatoms. The number of carbonyl (C=O) groups is 2. The molecule has 2 aromatic carbocycles. The van der Waals surface area contributed by atoms with Gasteiger partial charge in [-0.1, -0.05) is 12.1 Å². The third-order valence-corrected chi connectivity index (χ3v) is 7.21. The van der Waals surface area contributed by atoms with Gasteiger partial charge in [-0.25, -0.2) is 4.39 Å². The maximum Gasteiger partial charge on any atom is 0.251 e. The summed E-state index contributed by atoms with van der Waals surface area (Å²) in [5.74, 6) is 0.506. The highest BCUT2D eigenvalue weighted by molar-refractivity contribution is 5.94. The lowest BCUT2D eigenvalue weighted by Crippen LogP contribution is -2.54. The summed E-state index contributed by atoms with van der Waals surface area (Å²) in [4.78, 5) is 28.3. The van der Waals surface area contributed by atoms with E-state index in [1.165, 1.54) is 24.3 Å². The lowest BCUT2D eigenvalue weighted by molar-refractivity contribution is -0.138. The fourth-order valence-electron chi connectivity index (χ4n) is 5.40. The van der Waals surface area contributed by atoms with Crippen molar-refractivity contribution < 1.29 is 18.7 Å². The van der Waals surface area contributed by atoms with E-state index in [1.54, 1.807) is 7.11 Å². The SMILES string of the molecule is COc1ccc(C2(C(=O)N3[C@@H]4CC[C@H]3CC(NC(=O)c3ccc(F)cc3)C4)CC2)cc1. The lowest BCUT2D eigenvalue weighted by atomic mass is 9.90. The van der Waals surface area contributed by atoms with Gasteiger partial charge in [-0.05, 0) is 80.5 Å². The van der Waals surface area contributed by atoms with Gasteiger partial charge < -0.3 is 15.0 Å². The Morgan fingerprint density at radius 2 is 1.61 bits per heavy atom. The van der Waals surface area contributed by atoms with E-state index in [2.05, 4.69) is 10.2 Å². The van der Waals surface area contributed by atoms with Gasteiger partial charge in [0.1, 0.15) is 11.6 Å². The molecule has 0 aromatic heterocycles. The summed E-state index contributed by atoms with van der Waals surface area (Å²) in [5.41, 5.74) is 1.14. The van der Waals surface area contributed by atoms with Crippen LogP contribution in [0, 0.1) is 5.82 Å². The zero-order chi connectivity index (χ0) is 21.6. The van der Waals surface area contributed by atoms with Gasteiger partial charge in [0.25, 0.3) is 5.91 Å². The Morgan fingerprint density at radius 3 is 2.16 bits per heavy atom. The average molecular weight is 423 g/mol. The summed E-state index contributed by atoms with van der Waals surface area (Å²) in [6.45, 7) is 0. The van der Waals surface area contributed by atoms with Crippen LogP contribution in [0.25, 0.3) is 0 Å². The van der Waals surface area contributed by atoms with Gasteiger partial charge in [-0.15, -0.1) is 0 Å². The first-order valence-electron chi connectivity index (χ1n) is 11.0. The first-order chi connectivity index (χ1) is 15.0. The van der Waals surface area contributed by atoms with Crippen LogP contribution in [-0.4, -0.2) is 41.9 Å². The summed E-state index contributed by atoms with van der Waals surface area (Å²) in [6, 6.07) is 13.9. The van der Waals surface area contributed by atoms with E-state index in [0.29, 0.717) is 5.56 Å². The summed E-state index contributed by atoms with van der Waals surface area (Å²) in [5, 5.41) is 3.10. The molecular formula is C25H27FN2O3. The summed E-state index contributed by atoms with van der Waals surface area (Å²) < 4.78 is 18.4. The third kappa shape index (κ3) is 3.58. The molecule has 1 unspecified atom stereocenters. The van der Waals surface area contributed by atoms with Crippen molar-refractivity contribution in [1.29, 1.82) is 0 Å². The molecule has 31 heavy (non-hydrogen) atoms. The summed E-state index contributed by atoms with van der Waals surface area (Å²) in [7, 11) is 1.64. The van der Waals surface area contributed by atoms with Gasteiger partial charge in [0.15, 0.2) is 0 Å². The van der Waals surface area contributed by atoms with Gasteiger partial charge >= 0.3 is 0 Å². The number of carbonyl (C=O) groups excluding carboxylic acids is 2. The van der Waals surface area contributed by atoms with Crippen LogP contribution in [0.2, 0.25) is 0 Å². The molecule has 5 nitrogen and oxygen atoms in total. The van der Waals surface area contributed by atoms with Crippen molar-refractivity contribution in [3.05, 3.63) is 65.5 Å². The molecule has 3 atom stereocenters.